The number of rotatable bonds is 5. The molecule has 4 aromatic rings. The Morgan fingerprint density at radius 3 is 2.56 bits per heavy atom. The summed E-state index contributed by atoms with van der Waals surface area (Å²) in [4.78, 5) is 26.5. The van der Waals surface area contributed by atoms with Crippen molar-refractivity contribution >= 4 is 34.5 Å². The van der Waals surface area contributed by atoms with Gasteiger partial charge in [0.05, 0.1) is 35.0 Å². The molecule has 27 heavy (non-hydrogen) atoms. The number of anilines is 1. The summed E-state index contributed by atoms with van der Waals surface area (Å²) < 4.78 is 0. The van der Waals surface area contributed by atoms with E-state index in [1.807, 2.05) is 66.5 Å². The Morgan fingerprint density at radius 2 is 1.78 bits per heavy atom. The van der Waals surface area contributed by atoms with Gasteiger partial charge in [0.2, 0.25) is 0 Å². The number of imidazole rings is 1. The molecule has 5 nitrogen and oxygen atoms in total. The zero-order chi connectivity index (χ0) is 18.6. The van der Waals surface area contributed by atoms with E-state index in [9.17, 15) is 4.79 Å². The predicted octanol–water partition coefficient (Wildman–Crippen LogP) is 4.59. The van der Waals surface area contributed by atoms with Crippen molar-refractivity contribution in [1.82, 2.24) is 9.97 Å². The molecule has 0 aliphatic carbocycles. The van der Waals surface area contributed by atoms with Crippen LogP contribution < -0.4 is 4.90 Å². The van der Waals surface area contributed by atoms with Crippen molar-refractivity contribution < 1.29 is 4.79 Å². The maximum Gasteiger partial charge on any atom is 0.195 e. The Labute approximate surface area is 157 Å². The molecule has 0 fully saturated rings. The van der Waals surface area contributed by atoms with Gasteiger partial charge in [-0.05, 0) is 48.5 Å². The molecule has 0 aliphatic rings. The van der Waals surface area contributed by atoms with E-state index in [2.05, 4.69) is 15.0 Å². The number of hydrogen-bond acceptors (Lipinski definition) is 3. The number of aromatic amines is 1. The fraction of sp³-hybridized carbons (Fsp3) is 0.0455. The van der Waals surface area contributed by atoms with Gasteiger partial charge in [0.25, 0.3) is 0 Å². The lowest BCUT2D eigenvalue weighted by atomic mass is 10.0. The number of carbonyl (C=O) groups excluding carboxylic acids is 1. The third kappa shape index (κ3) is 3.48. The zero-order valence-electron chi connectivity index (χ0n) is 14.8. The lowest BCUT2D eigenvalue weighted by Crippen LogP contribution is -2.13. The number of para-hydroxylation sites is 2. The second-order valence-corrected chi connectivity index (χ2v) is 6.17. The van der Waals surface area contributed by atoms with Gasteiger partial charge >= 0.3 is 0 Å². The van der Waals surface area contributed by atoms with Crippen LogP contribution in [0.5, 0.6) is 0 Å². The van der Waals surface area contributed by atoms with Crippen molar-refractivity contribution in [2.75, 3.05) is 11.9 Å². The van der Waals surface area contributed by atoms with Crippen molar-refractivity contribution in [3.05, 3.63) is 90.3 Å². The summed E-state index contributed by atoms with van der Waals surface area (Å²) in [7, 11) is 1.95. The molecule has 1 aromatic heterocycles. The first-order valence-corrected chi connectivity index (χ1v) is 8.61. The first-order valence-electron chi connectivity index (χ1n) is 8.61. The fourth-order valence-electron chi connectivity index (χ4n) is 2.89. The summed E-state index contributed by atoms with van der Waals surface area (Å²) in [6, 6.07) is 22.8. The number of nitrogens with one attached hydrogen (secondary N) is 1. The molecule has 0 saturated heterocycles. The number of aliphatic imine (C=N–C) groups is 1. The van der Waals surface area contributed by atoms with E-state index in [0.29, 0.717) is 16.6 Å². The van der Waals surface area contributed by atoms with Crippen LogP contribution in [0.1, 0.15) is 15.9 Å². The van der Waals surface area contributed by atoms with E-state index in [-0.39, 0.29) is 5.78 Å². The van der Waals surface area contributed by atoms with Crippen molar-refractivity contribution in [3.8, 4) is 0 Å². The van der Waals surface area contributed by atoms with Gasteiger partial charge in [0.1, 0.15) is 0 Å². The summed E-state index contributed by atoms with van der Waals surface area (Å²) in [5.74, 6) is -0.0513. The van der Waals surface area contributed by atoms with Crippen LogP contribution in [-0.4, -0.2) is 29.1 Å². The Balaban J connectivity index is 1.53. The van der Waals surface area contributed by atoms with Crippen LogP contribution in [0.15, 0.2) is 84.1 Å². The predicted molar refractivity (Wildman–Crippen MR) is 109 cm³/mol. The Morgan fingerprint density at radius 1 is 1.00 bits per heavy atom. The first-order chi connectivity index (χ1) is 13.2. The number of ketones is 1. The van der Waals surface area contributed by atoms with Gasteiger partial charge in [0.15, 0.2) is 5.78 Å². The van der Waals surface area contributed by atoms with Gasteiger partial charge in [-0.3, -0.25) is 4.79 Å². The number of nitrogens with zero attached hydrogens (tertiary/aromatic N) is 3. The van der Waals surface area contributed by atoms with E-state index in [0.717, 1.165) is 16.9 Å². The second kappa shape index (κ2) is 7.25. The third-order valence-electron chi connectivity index (χ3n) is 4.37. The molecule has 1 N–H and O–H groups in total. The van der Waals surface area contributed by atoms with Crippen molar-refractivity contribution in [3.63, 3.8) is 0 Å². The lowest BCUT2D eigenvalue weighted by molar-refractivity contribution is 0.104. The SMILES string of the molecule is CN(C=Nc1ccc(C(=O)c2cccc3[nH]cnc23)cc1)c1ccccc1. The van der Waals surface area contributed by atoms with Gasteiger partial charge in [-0.2, -0.15) is 0 Å². The number of fused-ring (bicyclic) bond motifs is 1. The van der Waals surface area contributed by atoms with Gasteiger partial charge in [-0.25, -0.2) is 9.98 Å². The molecule has 0 unspecified atom stereocenters. The fourth-order valence-corrected chi connectivity index (χ4v) is 2.89. The molecule has 3 aromatic carbocycles. The molecule has 0 saturated carbocycles. The summed E-state index contributed by atoms with van der Waals surface area (Å²) in [6.07, 6.45) is 3.36. The maximum atomic E-state index is 12.8. The minimum absolute atomic E-state index is 0.0513. The second-order valence-electron chi connectivity index (χ2n) is 6.17. The molecule has 1 heterocycles. The van der Waals surface area contributed by atoms with E-state index in [1.54, 1.807) is 30.9 Å². The van der Waals surface area contributed by atoms with Crippen molar-refractivity contribution in [2.45, 2.75) is 0 Å². The minimum atomic E-state index is -0.0513. The Kier molecular flexibility index (Phi) is 4.49. The van der Waals surface area contributed by atoms with E-state index < -0.39 is 0 Å². The molecule has 132 valence electrons. The minimum Gasteiger partial charge on any atom is -0.345 e. The van der Waals surface area contributed by atoms with Crippen LogP contribution in [-0.2, 0) is 0 Å². The van der Waals surface area contributed by atoms with Crippen LogP contribution >= 0.6 is 0 Å². The monoisotopic (exact) mass is 354 g/mol. The summed E-state index contributed by atoms with van der Waals surface area (Å²) in [5, 5.41) is 0. The highest BCUT2D eigenvalue weighted by molar-refractivity contribution is 6.15. The number of carbonyl (C=O) groups is 1. The zero-order valence-corrected chi connectivity index (χ0v) is 14.8. The highest BCUT2D eigenvalue weighted by Gasteiger charge is 2.13. The largest absolute Gasteiger partial charge is 0.345 e. The molecule has 4 rings (SSSR count). The number of hydrogen-bond donors (Lipinski definition) is 1. The van der Waals surface area contributed by atoms with Crippen LogP contribution in [0.25, 0.3) is 11.0 Å². The van der Waals surface area contributed by atoms with Gasteiger partial charge in [0, 0.05) is 18.3 Å². The molecule has 0 atom stereocenters. The quantitative estimate of drug-likeness (QED) is 0.324. The summed E-state index contributed by atoms with van der Waals surface area (Å²) >= 11 is 0. The van der Waals surface area contributed by atoms with Gasteiger partial charge < -0.3 is 9.88 Å². The van der Waals surface area contributed by atoms with Crippen LogP contribution in [0.3, 0.4) is 0 Å². The Bertz CT molecular complexity index is 1100. The number of benzene rings is 3. The first kappa shape index (κ1) is 16.7. The smallest absolute Gasteiger partial charge is 0.195 e. The van der Waals surface area contributed by atoms with Gasteiger partial charge in [-0.15, -0.1) is 0 Å². The maximum absolute atomic E-state index is 12.8. The standard InChI is InChI=1S/C22H18N4O/c1-26(18-6-3-2-4-7-18)15-25-17-12-10-16(11-13-17)22(27)19-8-5-9-20-21(19)24-14-23-20/h2-15H,1H3,(H,23,24). The molecular formula is C22H18N4O. The van der Waals surface area contributed by atoms with Crippen LogP contribution in [0.2, 0.25) is 0 Å². The van der Waals surface area contributed by atoms with Crippen molar-refractivity contribution in [1.29, 1.82) is 0 Å². The molecule has 0 bridgehead atoms. The average molecular weight is 354 g/mol. The van der Waals surface area contributed by atoms with E-state index in [4.69, 9.17) is 0 Å². The number of H-pyrrole nitrogens is 1. The highest BCUT2D eigenvalue weighted by Crippen LogP contribution is 2.20. The van der Waals surface area contributed by atoms with Crippen LogP contribution in [0.4, 0.5) is 11.4 Å². The molecule has 0 amide bonds. The van der Waals surface area contributed by atoms with E-state index >= 15 is 0 Å². The Hall–Kier alpha value is -3.73. The van der Waals surface area contributed by atoms with Crippen molar-refractivity contribution in [2.24, 2.45) is 4.99 Å². The third-order valence-corrected chi connectivity index (χ3v) is 4.37. The number of aromatic nitrogens is 2. The average Bonchev–Trinajstić information content (AvgIpc) is 3.21. The topological polar surface area (TPSA) is 61.4 Å². The molecule has 0 spiro atoms. The lowest BCUT2D eigenvalue weighted by Gasteiger charge is -2.12. The summed E-state index contributed by atoms with van der Waals surface area (Å²) in [5.41, 5.74) is 4.59. The van der Waals surface area contributed by atoms with Gasteiger partial charge in [-0.1, -0.05) is 24.3 Å². The molecular weight excluding hydrogens is 336 g/mol. The molecule has 0 aliphatic heterocycles. The molecule has 5 heteroatoms. The van der Waals surface area contributed by atoms with Crippen LogP contribution in [0, 0.1) is 0 Å². The highest BCUT2D eigenvalue weighted by atomic mass is 16.1. The normalized spacial score (nSPS) is 11.1. The van der Waals surface area contributed by atoms with E-state index in [1.165, 1.54) is 0 Å². The summed E-state index contributed by atoms with van der Waals surface area (Å²) in [6.45, 7) is 0. The molecule has 0 radical (unpaired) electrons.